The summed E-state index contributed by atoms with van der Waals surface area (Å²) in [5.41, 5.74) is 0. The number of ether oxygens (including phenoxy) is 3. The SMILES string of the molecule is CCCCCCCCCCCC(=O)OC[C@H](COC(=O)CCCCCCCCCCCC(C)C)OC(=O)CCCCCCCCCCCCCCCCCCCCC(C)C. The fourth-order valence-electron chi connectivity index (χ4n) is 8.17. The molecule has 0 aromatic rings. The van der Waals surface area contributed by atoms with E-state index in [1.807, 2.05) is 0 Å². The summed E-state index contributed by atoms with van der Waals surface area (Å²) in [6.45, 7) is 11.4. The lowest BCUT2D eigenvalue weighted by atomic mass is 10.0. The minimum absolute atomic E-state index is 0.0640. The second-order valence-electron chi connectivity index (χ2n) is 19.5. The van der Waals surface area contributed by atoms with Crippen molar-refractivity contribution in [3.8, 4) is 0 Å². The zero-order valence-corrected chi connectivity index (χ0v) is 41.1. The summed E-state index contributed by atoms with van der Waals surface area (Å²) >= 11 is 0. The summed E-state index contributed by atoms with van der Waals surface area (Å²) in [5.74, 6) is 0.817. The van der Waals surface area contributed by atoms with Crippen molar-refractivity contribution in [2.24, 2.45) is 11.8 Å². The first-order chi connectivity index (χ1) is 29.2. The molecule has 0 bridgehead atoms. The molecule has 0 aliphatic rings. The van der Waals surface area contributed by atoms with E-state index >= 15 is 0 Å². The van der Waals surface area contributed by atoms with Gasteiger partial charge in [-0.1, -0.05) is 259 Å². The lowest BCUT2D eigenvalue weighted by Crippen LogP contribution is -2.30. The molecule has 0 fully saturated rings. The number of hydrogen-bond donors (Lipinski definition) is 0. The van der Waals surface area contributed by atoms with Crippen LogP contribution in [0.3, 0.4) is 0 Å². The molecular weight excluding hydrogens is 745 g/mol. The van der Waals surface area contributed by atoms with E-state index in [0.717, 1.165) is 69.6 Å². The third kappa shape index (κ3) is 47.5. The molecule has 6 heteroatoms. The van der Waals surface area contributed by atoms with E-state index in [2.05, 4.69) is 34.6 Å². The van der Waals surface area contributed by atoms with Crippen LogP contribution in [0.15, 0.2) is 0 Å². The smallest absolute Gasteiger partial charge is 0.306 e. The van der Waals surface area contributed by atoms with Crippen LogP contribution in [0.1, 0.15) is 298 Å². The van der Waals surface area contributed by atoms with E-state index in [1.54, 1.807) is 0 Å². The lowest BCUT2D eigenvalue weighted by molar-refractivity contribution is -0.167. The average Bonchev–Trinajstić information content (AvgIpc) is 3.22. The summed E-state index contributed by atoms with van der Waals surface area (Å²) in [5, 5.41) is 0. The van der Waals surface area contributed by atoms with Gasteiger partial charge in [-0.15, -0.1) is 0 Å². The Hall–Kier alpha value is -1.59. The molecule has 0 radical (unpaired) electrons. The molecule has 0 spiro atoms. The highest BCUT2D eigenvalue weighted by molar-refractivity contribution is 5.71. The van der Waals surface area contributed by atoms with Crippen molar-refractivity contribution in [3.63, 3.8) is 0 Å². The van der Waals surface area contributed by atoms with Gasteiger partial charge in [0, 0.05) is 19.3 Å². The Morgan fingerprint density at radius 1 is 0.317 bits per heavy atom. The standard InChI is InChI=1S/C54H104O6/c1-6-7-8-9-10-22-29-34-39-44-52(55)58-47-51(48-59-53(56)45-40-35-30-26-21-24-28-33-38-43-50(4)5)60-54(57)46-41-36-31-25-20-18-16-14-12-11-13-15-17-19-23-27-32-37-42-49(2)3/h49-51H,6-48H2,1-5H3/t51-/m1/s1. The molecule has 0 aliphatic heterocycles. The molecule has 0 unspecified atom stereocenters. The van der Waals surface area contributed by atoms with E-state index in [9.17, 15) is 14.4 Å². The lowest BCUT2D eigenvalue weighted by Gasteiger charge is -2.18. The van der Waals surface area contributed by atoms with Gasteiger partial charge in [-0.05, 0) is 31.1 Å². The molecule has 1 atom stereocenters. The number of rotatable bonds is 48. The fraction of sp³-hybridized carbons (Fsp3) is 0.944. The topological polar surface area (TPSA) is 78.9 Å². The summed E-state index contributed by atoms with van der Waals surface area (Å²) < 4.78 is 16.8. The number of carbonyl (C=O) groups is 3. The summed E-state index contributed by atoms with van der Waals surface area (Å²) in [4.78, 5) is 37.9. The highest BCUT2D eigenvalue weighted by atomic mass is 16.6. The third-order valence-electron chi connectivity index (χ3n) is 12.2. The highest BCUT2D eigenvalue weighted by Crippen LogP contribution is 2.18. The molecule has 6 nitrogen and oxygen atoms in total. The number of esters is 3. The molecule has 0 saturated heterocycles. The van der Waals surface area contributed by atoms with Crippen LogP contribution in [0, 0.1) is 11.8 Å². The second kappa shape index (κ2) is 46.9. The van der Waals surface area contributed by atoms with Gasteiger partial charge < -0.3 is 14.2 Å². The Labute approximate surface area is 374 Å². The van der Waals surface area contributed by atoms with Crippen molar-refractivity contribution in [1.82, 2.24) is 0 Å². The van der Waals surface area contributed by atoms with Gasteiger partial charge in [-0.25, -0.2) is 0 Å². The zero-order chi connectivity index (χ0) is 44.0. The van der Waals surface area contributed by atoms with Crippen molar-refractivity contribution in [2.45, 2.75) is 304 Å². The molecule has 0 amide bonds. The molecule has 0 saturated carbocycles. The van der Waals surface area contributed by atoms with Gasteiger partial charge in [0.1, 0.15) is 13.2 Å². The van der Waals surface area contributed by atoms with Crippen molar-refractivity contribution >= 4 is 17.9 Å². The summed E-state index contributed by atoms with van der Waals surface area (Å²) in [7, 11) is 0. The number of unbranched alkanes of at least 4 members (excludes halogenated alkanes) is 33. The van der Waals surface area contributed by atoms with Gasteiger partial charge in [-0.3, -0.25) is 14.4 Å². The van der Waals surface area contributed by atoms with Crippen LogP contribution in [0.25, 0.3) is 0 Å². The van der Waals surface area contributed by atoms with Gasteiger partial charge in [0.2, 0.25) is 0 Å². The Morgan fingerprint density at radius 2 is 0.550 bits per heavy atom. The Bertz CT molecular complexity index is 916. The van der Waals surface area contributed by atoms with Crippen molar-refractivity contribution in [1.29, 1.82) is 0 Å². The minimum Gasteiger partial charge on any atom is -0.462 e. The largest absolute Gasteiger partial charge is 0.462 e. The molecule has 0 aliphatic carbocycles. The van der Waals surface area contributed by atoms with E-state index in [1.165, 1.54) is 186 Å². The first-order valence-electron chi connectivity index (χ1n) is 26.7. The zero-order valence-electron chi connectivity index (χ0n) is 41.1. The van der Waals surface area contributed by atoms with Crippen LogP contribution in [0.4, 0.5) is 0 Å². The molecule has 0 rings (SSSR count). The Balaban J connectivity index is 4.20. The van der Waals surface area contributed by atoms with Gasteiger partial charge in [0.05, 0.1) is 0 Å². The monoisotopic (exact) mass is 849 g/mol. The predicted molar refractivity (Wildman–Crippen MR) is 256 cm³/mol. The van der Waals surface area contributed by atoms with Crippen molar-refractivity contribution < 1.29 is 28.6 Å². The van der Waals surface area contributed by atoms with E-state index in [-0.39, 0.29) is 31.1 Å². The molecule has 0 aromatic heterocycles. The molecule has 60 heavy (non-hydrogen) atoms. The van der Waals surface area contributed by atoms with E-state index < -0.39 is 6.10 Å². The van der Waals surface area contributed by atoms with Crippen LogP contribution in [-0.4, -0.2) is 37.2 Å². The second-order valence-corrected chi connectivity index (χ2v) is 19.5. The molecule has 0 N–H and O–H groups in total. The summed E-state index contributed by atoms with van der Waals surface area (Å²) in [6, 6.07) is 0. The van der Waals surface area contributed by atoms with Crippen LogP contribution in [-0.2, 0) is 28.6 Å². The average molecular weight is 849 g/mol. The van der Waals surface area contributed by atoms with E-state index in [4.69, 9.17) is 14.2 Å². The maximum Gasteiger partial charge on any atom is 0.306 e. The Morgan fingerprint density at radius 3 is 0.817 bits per heavy atom. The van der Waals surface area contributed by atoms with Crippen LogP contribution in [0.5, 0.6) is 0 Å². The van der Waals surface area contributed by atoms with Crippen LogP contribution < -0.4 is 0 Å². The summed E-state index contributed by atoms with van der Waals surface area (Å²) in [6.07, 6.45) is 48.2. The van der Waals surface area contributed by atoms with Gasteiger partial charge in [-0.2, -0.15) is 0 Å². The first-order valence-corrected chi connectivity index (χ1v) is 26.7. The van der Waals surface area contributed by atoms with Gasteiger partial charge >= 0.3 is 17.9 Å². The van der Waals surface area contributed by atoms with Gasteiger partial charge in [0.25, 0.3) is 0 Å². The maximum absolute atomic E-state index is 12.8. The molecular formula is C54H104O6. The van der Waals surface area contributed by atoms with Crippen molar-refractivity contribution in [3.05, 3.63) is 0 Å². The van der Waals surface area contributed by atoms with E-state index in [0.29, 0.717) is 19.3 Å². The highest BCUT2D eigenvalue weighted by Gasteiger charge is 2.19. The minimum atomic E-state index is -0.761. The number of hydrogen-bond acceptors (Lipinski definition) is 6. The molecule has 356 valence electrons. The Kier molecular flexibility index (Phi) is 45.7. The number of carbonyl (C=O) groups excluding carboxylic acids is 3. The first kappa shape index (κ1) is 58.4. The van der Waals surface area contributed by atoms with Gasteiger partial charge in [0.15, 0.2) is 6.10 Å². The quantitative estimate of drug-likeness (QED) is 0.0345. The van der Waals surface area contributed by atoms with Crippen LogP contribution >= 0.6 is 0 Å². The maximum atomic E-state index is 12.8. The molecule has 0 aromatic carbocycles. The molecule has 0 heterocycles. The third-order valence-corrected chi connectivity index (χ3v) is 12.2. The normalized spacial score (nSPS) is 12.1. The fourth-order valence-corrected chi connectivity index (χ4v) is 8.17. The van der Waals surface area contributed by atoms with Crippen LogP contribution in [0.2, 0.25) is 0 Å². The predicted octanol–water partition coefficient (Wildman–Crippen LogP) is 17.3. The van der Waals surface area contributed by atoms with Crippen molar-refractivity contribution in [2.75, 3.05) is 13.2 Å².